The number of benzene rings is 2. The van der Waals surface area contributed by atoms with Gasteiger partial charge in [0.15, 0.2) is 5.78 Å². The number of carbonyl (C=O) groups excluding carboxylic acids is 4. The second-order valence-corrected chi connectivity index (χ2v) is 9.20. The number of imide groups is 1. The number of nitrogens with zero attached hydrogens (tertiary/aromatic N) is 3. The number of allylic oxidation sites excluding steroid dienone is 2. The van der Waals surface area contributed by atoms with Crippen molar-refractivity contribution < 1.29 is 24.1 Å². The number of rotatable bonds is 6. The number of Topliss-reactive ketones (excluding diaryl/α,β-unsaturated/α-hetero) is 1. The van der Waals surface area contributed by atoms with Crippen LogP contribution in [0.3, 0.4) is 0 Å². The van der Waals surface area contributed by atoms with Crippen molar-refractivity contribution in [1.82, 2.24) is 10.0 Å². The van der Waals surface area contributed by atoms with Gasteiger partial charge >= 0.3 is 0 Å². The molecule has 180 valence electrons. The highest BCUT2D eigenvalue weighted by molar-refractivity contribution is 6.36. The molecule has 1 fully saturated rings. The zero-order valence-electron chi connectivity index (χ0n) is 18.4. The van der Waals surface area contributed by atoms with E-state index in [1.54, 1.807) is 6.92 Å². The predicted octanol–water partition coefficient (Wildman–Crippen LogP) is 4.34. The largest absolute Gasteiger partial charge is 0.292 e. The summed E-state index contributed by atoms with van der Waals surface area (Å²) in [7, 11) is 0. The summed E-state index contributed by atoms with van der Waals surface area (Å²) in [5.41, 5.74) is -0.427. The molecular weight excluding hydrogens is 497 g/mol. The Hall–Kier alpha value is -3.56. The average Bonchev–Trinajstić information content (AvgIpc) is 3.08. The molecule has 0 unspecified atom stereocenters. The Morgan fingerprint density at radius 3 is 2.54 bits per heavy atom. The number of amides is 3. The summed E-state index contributed by atoms with van der Waals surface area (Å²) in [6.45, 7) is 1.09. The van der Waals surface area contributed by atoms with Crippen LogP contribution < -0.4 is 0 Å². The maximum Gasteiger partial charge on any atom is 0.274 e. The van der Waals surface area contributed by atoms with E-state index in [2.05, 4.69) is 0 Å². The smallest absolute Gasteiger partial charge is 0.274 e. The van der Waals surface area contributed by atoms with E-state index in [1.807, 2.05) is 12.2 Å². The van der Waals surface area contributed by atoms with E-state index in [4.69, 9.17) is 23.2 Å². The van der Waals surface area contributed by atoms with Crippen LogP contribution in [-0.2, 0) is 9.59 Å². The molecule has 0 radical (unpaired) electrons. The van der Waals surface area contributed by atoms with Crippen molar-refractivity contribution in [3.8, 4) is 0 Å². The number of ketones is 1. The Bertz CT molecular complexity index is 1290. The number of hydrogen-bond acceptors (Lipinski definition) is 6. The van der Waals surface area contributed by atoms with Crippen LogP contribution in [0.2, 0.25) is 10.0 Å². The van der Waals surface area contributed by atoms with E-state index in [1.165, 1.54) is 36.4 Å². The van der Waals surface area contributed by atoms with Crippen LogP contribution in [0.5, 0.6) is 0 Å². The number of nitro benzene ring substituents is 1. The molecule has 0 spiro atoms. The van der Waals surface area contributed by atoms with Gasteiger partial charge in [-0.1, -0.05) is 54.4 Å². The van der Waals surface area contributed by atoms with Gasteiger partial charge in [-0.2, -0.15) is 5.01 Å². The lowest BCUT2D eigenvalue weighted by molar-refractivity contribution is -0.384. The highest BCUT2D eigenvalue weighted by Gasteiger charge is 2.53. The molecule has 2 aromatic carbocycles. The molecule has 4 rings (SSSR count). The van der Waals surface area contributed by atoms with Crippen LogP contribution in [0, 0.1) is 27.9 Å². The Morgan fingerprint density at radius 2 is 1.89 bits per heavy atom. The van der Waals surface area contributed by atoms with Crippen LogP contribution in [0.1, 0.15) is 34.1 Å². The van der Waals surface area contributed by atoms with Crippen molar-refractivity contribution in [2.24, 2.45) is 17.8 Å². The van der Waals surface area contributed by atoms with Crippen LogP contribution >= 0.6 is 23.2 Å². The van der Waals surface area contributed by atoms with Gasteiger partial charge in [-0.05, 0) is 30.5 Å². The fraction of sp³-hybridized carbons (Fsp3) is 0.250. The molecule has 9 nitrogen and oxygen atoms in total. The summed E-state index contributed by atoms with van der Waals surface area (Å²) >= 11 is 12.1. The maximum atomic E-state index is 13.6. The molecule has 1 aliphatic heterocycles. The molecule has 2 aromatic rings. The third-order valence-corrected chi connectivity index (χ3v) is 6.71. The molecule has 0 N–H and O–H groups in total. The van der Waals surface area contributed by atoms with Gasteiger partial charge in [0.1, 0.15) is 6.54 Å². The van der Waals surface area contributed by atoms with Crippen LogP contribution in [-0.4, -0.2) is 45.0 Å². The van der Waals surface area contributed by atoms with Crippen molar-refractivity contribution in [3.05, 3.63) is 85.9 Å². The van der Waals surface area contributed by atoms with Gasteiger partial charge in [-0.15, -0.1) is 0 Å². The first-order valence-electron chi connectivity index (χ1n) is 10.7. The predicted molar refractivity (Wildman–Crippen MR) is 127 cm³/mol. The highest BCUT2D eigenvalue weighted by Crippen LogP contribution is 2.39. The molecule has 0 bridgehead atoms. The Labute approximate surface area is 210 Å². The van der Waals surface area contributed by atoms with Crippen LogP contribution in [0.25, 0.3) is 0 Å². The van der Waals surface area contributed by atoms with Gasteiger partial charge in [-0.25, -0.2) is 5.01 Å². The summed E-state index contributed by atoms with van der Waals surface area (Å²) in [6, 6.07) is 9.06. The number of hydrogen-bond donors (Lipinski definition) is 0. The van der Waals surface area contributed by atoms with Crippen molar-refractivity contribution in [3.63, 3.8) is 0 Å². The van der Waals surface area contributed by atoms with E-state index in [9.17, 15) is 29.3 Å². The van der Waals surface area contributed by atoms with Crippen LogP contribution in [0.15, 0.2) is 54.6 Å². The quantitative estimate of drug-likeness (QED) is 0.185. The third kappa shape index (κ3) is 4.56. The minimum Gasteiger partial charge on any atom is -0.292 e. The maximum absolute atomic E-state index is 13.6. The zero-order valence-corrected chi connectivity index (χ0v) is 19.9. The molecule has 1 saturated heterocycles. The molecule has 1 heterocycles. The van der Waals surface area contributed by atoms with Gasteiger partial charge in [0.25, 0.3) is 23.4 Å². The number of hydrazine groups is 1. The molecular formula is C24H19Cl2N3O6. The lowest BCUT2D eigenvalue weighted by atomic mass is 9.78. The zero-order chi connectivity index (χ0) is 25.4. The van der Waals surface area contributed by atoms with Crippen molar-refractivity contribution in [1.29, 1.82) is 0 Å². The second-order valence-electron chi connectivity index (χ2n) is 8.36. The van der Waals surface area contributed by atoms with E-state index in [0.717, 1.165) is 16.1 Å². The number of halogens is 2. The summed E-state index contributed by atoms with van der Waals surface area (Å²) < 4.78 is 0. The van der Waals surface area contributed by atoms with Crippen molar-refractivity contribution in [2.45, 2.75) is 13.3 Å². The molecule has 2 aliphatic rings. The molecule has 3 atom stereocenters. The lowest BCUT2D eigenvalue weighted by Gasteiger charge is -2.30. The number of non-ortho nitro benzene ring substituents is 1. The van der Waals surface area contributed by atoms with E-state index in [-0.39, 0.29) is 32.8 Å². The topological polar surface area (TPSA) is 118 Å². The Morgan fingerprint density at radius 1 is 1.14 bits per heavy atom. The van der Waals surface area contributed by atoms with Gasteiger partial charge in [0, 0.05) is 22.7 Å². The van der Waals surface area contributed by atoms with Gasteiger partial charge in [-0.3, -0.25) is 29.3 Å². The van der Waals surface area contributed by atoms with Gasteiger partial charge in [0.05, 0.1) is 27.3 Å². The number of fused-ring (bicyclic) bond motifs is 1. The molecule has 0 saturated carbocycles. The minimum atomic E-state index is -0.855. The van der Waals surface area contributed by atoms with E-state index >= 15 is 0 Å². The lowest BCUT2D eigenvalue weighted by Crippen LogP contribution is -2.52. The summed E-state index contributed by atoms with van der Waals surface area (Å²) in [5.74, 6) is -4.31. The molecule has 1 aliphatic carbocycles. The van der Waals surface area contributed by atoms with Gasteiger partial charge in [0.2, 0.25) is 0 Å². The first kappa shape index (κ1) is 24.6. The monoisotopic (exact) mass is 515 g/mol. The fourth-order valence-electron chi connectivity index (χ4n) is 4.42. The van der Waals surface area contributed by atoms with E-state index < -0.39 is 46.8 Å². The summed E-state index contributed by atoms with van der Waals surface area (Å²) in [6.07, 6.45) is 3.99. The number of carbonyl (C=O) groups is 4. The first-order valence-corrected chi connectivity index (χ1v) is 11.4. The molecule has 35 heavy (non-hydrogen) atoms. The van der Waals surface area contributed by atoms with Gasteiger partial charge < -0.3 is 0 Å². The standard InChI is InChI=1S/C24H19Cl2N3O6/c1-13-4-2-7-18-21(13)24(33)28(23(18)32)27(22(31)17-9-8-15(25)11-19(17)26)12-20(30)14-5-3-6-16(10-14)29(34)35/h2-6,8-11,13,18,21H,7,12H2,1H3/t13-,18+,21+/m1/s1. The summed E-state index contributed by atoms with van der Waals surface area (Å²) in [5, 5.41) is 12.9. The van der Waals surface area contributed by atoms with Crippen LogP contribution in [0.4, 0.5) is 5.69 Å². The highest BCUT2D eigenvalue weighted by atomic mass is 35.5. The normalized spacial score (nSPS) is 21.1. The van der Waals surface area contributed by atoms with Crippen molar-refractivity contribution >= 4 is 52.4 Å². The van der Waals surface area contributed by atoms with Crippen molar-refractivity contribution in [2.75, 3.05) is 6.54 Å². The molecule has 3 amide bonds. The minimum absolute atomic E-state index is 0.0261. The third-order valence-electron chi connectivity index (χ3n) is 6.16. The molecule has 11 heteroatoms. The summed E-state index contributed by atoms with van der Waals surface area (Å²) in [4.78, 5) is 63.8. The SMILES string of the molecule is C[C@@H]1C=CC[C@@H]2C(=O)N(N(CC(=O)c3cccc([N+](=O)[O-])c3)C(=O)c3ccc(Cl)cc3Cl)C(=O)[C@@H]12. The fourth-order valence-corrected chi connectivity index (χ4v) is 4.91. The van der Waals surface area contributed by atoms with E-state index in [0.29, 0.717) is 6.42 Å². The average molecular weight is 516 g/mol. The Kier molecular flexibility index (Phi) is 6.73. The number of nitro groups is 1. The molecule has 0 aromatic heterocycles. The second kappa shape index (κ2) is 9.59. The first-order chi connectivity index (χ1) is 16.6. The Balaban J connectivity index is 1.74.